The number of hydrogen-bond donors (Lipinski definition) is 1. The van der Waals surface area contributed by atoms with Crippen LogP contribution in [0.5, 0.6) is 11.5 Å². The average Bonchev–Trinajstić information content (AvgIpc) is 2.57. The predicted octanol–water partition coefficient (Wildman–Crippen LogP) is 4.38. The van der Waals surface area contributed by atoms with Gasteiger partial charge in [0, 0.05) is 0 Å². The van der Waals surface area contributed by atoms with Crippen LogP contribution in [0.25, 0.3) is 0 Å². The highest BCUT2D eigenvalue weighted by atomic mass is 35.5. The molecular formula is C19H22ClNO3. The standard InChI is InChI=1S/C19H22ClNO3/c1-4-23-16-11-9-15(10-12-16)13(2)21-19(22)14(3)24-18-8-6-5-7-17(18)20/h5-14H,4H2,1-3H3,(H,21,22)/t13-,14+/m1/s1. The first kappa shape index (κ1) is 18.1. The lowest BCUT2D eigenvalue weighted by Crippen LogP contribution is -2.37. The van der Waals surface area contributed by atoms with Crippen LogP contribution in [-0.2, 0) is 4.79 Å². The Kier molecular flexibility index (Phi) is 6.50. The monoisotopic (exact) mass is 347 g/mol. The summed E-state index contributed by atoms with van der Waals surface area (Å²) >= 11 is 6.05. The Morgan fingerprint density at radius 2 is 1.79 bits per heavy atom. The number of benzene rings is 2. The molecule has 0 aliphatic heterocycles. The summed E-state index contributed by atoms with van der Waals surface area (Å²) in [5, 5.41) is 3.42. The number of ether oxygens (including phenoxy) is 2. The summed E-state index contributed by atoms with van der Waals surface area (Å²) in [6.07, 6.45) is -0.643. The minimum atomic E-state index is -0.643. The van der Waals surface area contributed by atoms with Crippen LogP contribution in [0.2, 0.25) is 5.02 Å². The number of nitrogens with one attached hydrogen (secondary N) is 1. The van der Waals surface area contributed by atoms with Gasteiger partial charge >= 0.3 is 0 Å². The zero-order valence-electron chi connectivity index (χ0n) is 14.1. The number of para-hydroxylation sites is 1. The number of carbonyl (C=O) groups excluding carboxylic acids is 1. The van der Waals surface area contributed by atoms with E-state index >= 15 is 0 Å². The topological polar surface area (TPSA) is 47.6 Å². The third-order valence-electron chi connectivity index (χ3n) is 3.56. The van der Waals surface area contributed by atoms with Crippen LogP contribution in [-0.4, -0.2) is 18.6 Å². The van der Waals surface area contributed by atoms with Crippen molar-refractivity contribution >= 4 is 17.5 Å². The summed E-state index contributed by atoms with van der Waals surface area (Å²) in [5.74, 6) is 1.11. The molecule has 0 fully saturated rings. The van der Waals surface area contributed by atoms with Gasteiger partial charge in [-0.3, -0.25) is 4.79 Å². The van der Waals surface area contributed by atoms with E-state index in [0.29, 0.717) is 17.4 Å². The Hall–Kier alpha value is -2.20. The molecule has 1 amide bonds. The maximum absolute atomic E-state index is 12.3. The zero-order valence-corrected chi connectivity index (χ0v) is 14.8. The van der Waals surface area contributed by atoms with Crippen molar-refractivity contribution in [2.24, 2.45) is 0 Å². The zero-order chi connectivity index (χ0) is 17.5. The minimum absolute atomic E-state index is 0.134. The molecule has 0 saturated heterocycles. The van der Waals surface area contributed by atoms with Crippen molar-refractivity contribution in [2.75, 3.05) is 6.61 Å². The van der Waals surface area contributed by atoms with Gasteiger partial charge in [-0.25, -0.2) is 0 Å². The molecule has 5 heteroatoms. The summed E-state index contributed by atoms with van der Waals surface area (Å²) in [5.41, 5.74) is 0.997. The number of amides is 1. The van der Waals surface area contributed by atoms with Crippen LogP contribution < -0.4 is 14.8 Å². The van der Waals surface area contributed by atoms with Gasteiger partial charge in [-0.1, -0.05) is 35.9 Å². The molecule has 0 unspecified atom stereocenters. The van der Waals surface area contributed by atoms with Gasteiger partial charge in [-0.05, 0) is 50.6 Å². The van der Waals surface area contributed by atoms with Crippen molar-refractivity contribution in [3.63, 3.8) is 0 Å². The van der Waals surface area contributed by atoms with Crippen LogP contribution in [0.15, 0.2) is 48.5 Å². The first-order valence-electron chi connectivity index (χ1n) is 7.95. The quantitative estimate of drug-likeness (QED) is 0.808. The molecule has 0 spiro atoms. The normalized spacial score (nSPS) is 13.0. The summed E-state index contributed by atoms with van der Waals surface area (Å²) in [7, 11) is 0. The van der Waals surface area contributed by atoms with Crippen LogP contribution in [0, 0.1) is 0 Å². The Bertz CT molecular complexity index is 673. The fraction of sp³-hybridized carbons (Fsp3) is 0.316. The minimum Gasteiger partial charge on any atom is -0.494 e. The third kappa shape index (κ3) is 4.90. The van der Waals surface area contributed by atoms with Crippen molar-refractivity contribution in [3.05, 3.63) is 59.1 Å². The number of carbonyl (C=O) groups is 1. The third-order valence-corrected chi connectivity index (χ3v) is 3.87. The van der Waals surface area contributed by atoms with Gasteiger partial charge in [0.1, 0.15) is 11.5 Å². The molecule has 4 nitrogen and oxygen atoms in total. The molecule has 2 aromatic carbocycles. The predicted molar refractivity (Wildman–Crippen MR) is 95.7 cm³/mol. The van der Waals surface area contributed by atoms with Gasteiger partial charge in [-0.15, -0.1) is 0 Å². The fourth-order valence-corrected chi connectivity index (χ4v) is 2.40. The number of rotatable bonds is 7. The van der Waals surface area contributed by atoms with Gasteiger partial charge in [0.15, 0.2) is 6.10 Å². The molecule has 2 atom stereocenters. The molecule has 0 radical (unpaired) electrons. The highest BCUT2D eigenvalue weighted by Gasteiger charge is 2.18. The van der Waals surface area contributed by atoms with Crippen molar-refractivity contribution in [1.82, 2.24) is 5.32 Å². The molecular weight excluding hydrogens is 326 g/mol. The lowest BCUT2D eigenvalue weighted by molar-refractivity contribution is -0.127. The largest absolute Gasteiger partial charge is 0.494 e. The van der Waals surface area contributed by atoms with Gasteiger partial charge in [0.25, 0.3) is 5.91 Å². The van der Waals surface area contributed by atoms with E-state index in [4.69, 9.17) is 21.1 Å². The highest BCUT2D eigenvalue weighted by molar-refractivity contribution is 6.32. The van der Waals surface area contributed by atoms with E-state index in [1.54, 1.807) is 19.1 Å². The molecule has 1 N–H and O–H groups in total. The summed E-state index contributed by atoms with van der Waals surface area (Å²) in [6, 6.07) is 14.6. The lowest BCUT2D eigenvalue weighted by atomic mass is 10.1. The molecule has 0 heterocycles. The van der Waals surface area contributed by atoms with E-state index in [0.717, 1.165) is 11.3 Å². The first-order valence-corrected chi connectivity index (χ1v) is 8.33. The van der Waals surface area contributed by atoms with Gasteiger partial charge in [0.2, 0.25) is 0 Å². The van der Waals surface area contributed by atoms with Crippen molar-refractivity contribution in [1.29, 1.82) is 0 Å². The smallest absolute Gasteiger partial charge is 0.261 e. The number of halogens is 1. The highest BCUT2D eigenvalue weighted by Crippen LogP contribution is 2.24. The van der Waals surface area contributed by atoms with Crippen LogP contribution in [0.3, 0.4) is 0 Å². The van der Waals surface area contributed by atoms with Crippen LogP contribution in [0.1, 0.15) is 32.4 Å². The Balaban J connectivity index is 1.94. The first-order chi connectivity index (χ1) is 11.5. The summed E-state index contributed by atoms with van der Waals surface area (Å²) < 4.78 is 11.0. The molecule has 2 aromatic rings. The van der Waals surface area contributed by atoms with E-state index in [-0.39, 0.29) is 11.9 Å². The molecule has 0 saturated carbocycles. The second kappa shape index (κ2) is 8.60. The maximum Gasteiger partial charge on any atom is 0.261 e. The van der Waals surface area contributed by atoms with Crippen molar-refractivity contribution < 1.29 is 14.3 Å². The van der Waals surface area contributed by atoms with E-state index < -0.39 is 6.10 Å². The Labute approximate surface area is 147 Å². The molecule has 0 aliphatic carbocycles. The SMILES string of the molecule is CCOc1ccc([C@@H](C)NC(=O)[C@H](C)Oc2ccccc2Cl)cc1. The van der Waals surface area contributed by atoms with Gasteiger partial charge in [-0.2, -0.15) is 0 Å². The lowest BCUT2D eigenvalue weighted by Gasteiger charge is -2.19. The molecule has 128 valence electrons. The van der Waals surface area contributed by atoms with E-state index in [2.05, 4.69) is 5.32 Å². The van der Waals surface area contributed by atoms with Crippen molar-refractivity contribution in [2.45, 2.75) is 32.9 Å². The summed E-state index contributed by atoms with van der Waals surface area (Å²) in [4.78, 5) is 12.3. The van der Waals surface area contributed by atoms with Crippen molar-refractivity contribution in [3.8, 4) is 11.5 Å². The summed E-state index contributed by atoms with van der Waals surface area (Å²) in [6.45, 7) is 6.19. The van der Waals surface area contributed by atoms with Crippen LogP contribution >= 0.6 is 11.6 Å². The second-order valence-corrected chi connectivity index (χ2v) is 5.83. The molecule has 0 bridgehead atoms. The second-order valence-electron chi connectivity index (χ2n) is 5.42. The van der Waals surface area contributed by atoms with E-state index in [1.165, 1.54) is 0 Å². The molecule has 0 aliphatic rings. The molecule has 24 heavy (non-hydrogen) atoms. The van der Waals surface area contributed by atoms with E-state index in [9.17, 15) is 4.79 Å². The van der Waals surface area contributed by atoms with Gasteiger partial charge < -0.3 is 14.8 Å². The Morgan fingerprint density at radius 1 is 1.12 bits per heavy atom. The van der Waals surface area contributed by atoms with E-state index in [1.807, 2.05) is 50.2 Å². The molecule has 2 rings (SSSR count). The number of hydrogen-bond acceptors (Lipinski definition) is 3. The van der Waals surface area contributed by atoms with Gasteiger partial charge in [0.05, 0.1) is 17.7 Å². The fourth-order valence-electron chi connectivity index (χ4n) is 2.22. The maximum atomic E-state index is 12.3. The molecule has 0 aromatic heterocycles. The Morgan fingerprint density at radius 3 is 2.42 bits per heavy atom. The van der Waals surface area contributed by atoms with Crippen LogP contribution in [0.4, 0.5) is 0 Å². The average molecular weight is 348 g/mol.